The predicted molar refractivity (Wildman–Crippen MR) is 119 cm³/mol. The molecule has 0 spiro atoms. The van der Waals surface area contributed by atoms with E-state index < -0.39 is 0 Å². The number of thiophene rings is 1. The number of nitrogens with one attached hydrogen (secondary N) is 1. The molecule has 2 aromatic carbocycles. The Morgan fingerprint density at radius 2 is 2.03 bits per heavy atom. The molecule has 4 rings (SSSR count). The first-order valence-corrected chi connectivity index (χ1v) is 10.5. The topological polar surface area (TPSA) is 45.3 Å². The number of aryl methyl sites for hydroxylation is 1. The van der Waals surface area contributed by atoms with E-state index in [1.54, 1.807) is 28.4 Å². The van der Waals surface area contributed by atoms with Gasteiger partial charge in [-0.2, -0.15) is 0 Å². The third kappa shape index (κ3) is 4.02. The number of H-pyrrole nitrogens is 1. The monoisotopic (exact) mass is 424 g/mol. The smallest absolute Gasteiger partial charge is 0.261 e. The van der Waals surface area contributed by atoms with Crippen LogP contribution >= 0.6 is 22.9 Å². The molecule has 29 heavy (non-hydrogen) atoms. The molecular weight excluding hydrogens is 404 g/mol. The second kappa shape index (κ2) is 8.31. The van der Waals surface area contributed by atoms with E-state index in [0.29, 0.717) is 10.8 Å². The van der Waals surface area contributed by atoms with Crippen LogP contribution in [-0.2, 0) is 4.79 Å². The van der Waals surface area contributed by atoms with Crippen LogP contribution in [0.5, 0.6) is 5.75 Å². The van der Waals surface area contributed by atoms with Crippen molar-refractivity contribution >= 4 is 39.7 Å². The van der Waals surface area contributed by atoms with Gasteiger partial charge in [0.25, 0.3) is 5.91 Å². The van der Waals surface area contributed by atoms with Crippen molar-refractivity contribution in [2.75, 3.05) is 13.7 Å². The van der Waals surface area contributed by atoms with Crippen molar-refractivity contribution in [3.8, 4) is 5.75 Å². The Hall–Kier alpha value is -2.76. The lowest BCUT2D eigenvalue weighted by atomic mass is 10.0. The molecule has 0 fully saturated rings. The van der Waals surface area contributed by atoms with Crippen molar-refractivity contribution in [1.82, 2.24) is 9.88 Å². The number of carbonyl (C=O) groups excluding carboxylic acids is 1. The van der Waals surface area contributed by atoms with E-state index in [0.717, 1.165) is 26.9 Å². The third-order valence-corrected chi connectivity index (χ3v) is 6.35. The SMILES string of the molecule is Cc1cc(OCC(=O)N(C)C(c2cccs2)c2c[nH]c3ccccc23)ccc1Cl. The fourth-order valence-electron chi connectivity index (χ4n) is 3.42. The van der Waals surface area contributed by atoms with E-state index in [4.69, 9.17) is 16.3 Å². The third-order valence-electron chi connectivity index (χ3n) is 5.00. The Morgan fingerprint density at radius 3 is 2.79 bits per heavy atom. The van der Waals surface area contributed by atoms with Crippen molar-refractivity contribution in [2.24, 2.45) is 0 Å². The summed E-state index contributed by atoms with van der Waals surface area (Å²) in [6.07, 6.45) is 1.99. The minimum atomic E-state index is -0.186. The van der Waals surface area contributed by atoms with Gasteiger partial charge in [0.1, 0.15) is 5.75 Å². The van der Waals surface area contributed by atoms with Gasteiger partial charge in [-0.1, -0.05) is 35.9 Å². The predicted octanol–water partition coefficient (Wildman–Crippen LogP) is 5.82. The van der Waals surface area contributed by atoms with Crippen LogP contribution in [0.25, 0.3) is 10.9 Å². The first-order valence-electron chi connectivity index (χ1n) is 9.28. The van der Waals surface area contributed by atoms with Gasteiger partial charge in [0.15, 0.2) is 6.61 Å². The minimum absolute atomic E-state index is 0.0399. The second-order valence-corrected chi connectivity index (χ2v) is 8.30. The van der Waals surface area contributed by atoms with Gasteiger partial charge in [-0.25, -0.2) is 0 Å². The molecule has 0 aliphatic rings. The van der Waals surface area contributed by atoms with Gasteiger partial charge in [-0.05, 0) is 48.2 Å². The molecule has 1 unspecified atom stereocenters. The summed E-state index contributed by atoms with van der Waals surface area (Å²) in [7, 11) is 1.82. The molecule has 0 radical (unpaired) electrons. The summed E-state index contributed by atoms with van der Waals surface area (Å²) in [6, 6.07) is 17.4. The van der Waals surface area contributed by atoms with Crippen LogP contribution in [0.15, 0.2) is 66.2 Å². The maximum atomic E-state index is 13.0. The maximum absolute atomic E-state index is 13.0. The van der Waals surface area contributed by atoms with Crippen LogP contribution in [0, 0.1) is 6.92 Å². The average molecular weight is 425 g/mol. The number of rotatable bonds is 6. The van der Waals surface area contributed by atoms with E-state index in [2.05, 4.69) is 17.1 Å². The Labute approximate surface area is 178 Å². The van der Waals surface area contributed by atoms with Crippen molar-refractivity contribution < 1.29 is 9.53 Å². The molecule has 1 amide bonds. The number of hydrogen-bond donors (Lipinski definition) is 1. The summed E-state index contributed by atoms with van der Waals surface area (Å²) in [5, 5.41) is 3.82. The van der Waals surface area contributed by atoms with Crippen LogP contribution < -0.4 is 4.74 Å². The average Bonchev–Trinajstić information content (AvgIpc) is 3.40. The van der Waals surface area contributed by atoms with E-state index in [1.165, 1.54) is 0 Å². The lowest BCUT2D eigenvalue weighted by molar-refractivity contribution is -0.133. The lowest BCUT2D eigenvalue weighted by Gasteiger charge is -2.27. The van der Waals surface area contributed by atoms with Crippen LogP contribution in [0.3, 0.4) is 0 Å². The lowest BCUT2D eigenvalue weighted by Crippen LogP contribution is -2.35. The molecular formula is C23H21ClN2O2S. The van der Waals surface area contributed by atoms with Crippen molar-refractivity contribution in [3.63, 3.8) is 0 Å². The fourth-order valence-corrected chi connectivity index (χ4v) is 4.42. The molecule has 0 saturated heterocycles. The van der Waals surface area contributed by atoms with Crippen molar-refractivity contribution in [2.45, 2.75) is 13.0 Å². The highest BCUT2D eigenvalue weighted by atomic mass is 35.5. The number of halogens is 1. The van der Waals surface area contributed by atoms with Gasteiger partial charge in [-0.3, -0.25) is 4.79 Å². The number of amides is 1. The molecule has 4 nitrogen and oxygen atoms in total. The van der Waals surface area contributed by atoms with E-state index in [1.807, 2.05) is 55.9 Å². The highest BCUT2D eigenvalue weighted by Crippen LogP contribution is 2.35. The Balaban J connectivity index is 1.59. The van der Waals surface area contributed by atoms with E-state index in [9.17, 15) is 4.79 Å². The summed E-state index contributed by atoms with van der Waals surface area (Å²) in [5.74, 6) is 0.537. The number of likely N-dealkylation sites (N-methyl/N-ethyl adjacent to an activating group) is 1. The van der Waals surface area contributed by atoms with Crippen molar-refractivity contribution in [3.05, 3.63) is 87.2 Å². The minimum Gasteiger partial charge on any atom is -0.484 e. The van der Waals surface area contributed by atoms with Crippen LogP contribution in [-0.4, -0.2) is 29.4 Å². The molecule has 0 aliphatic carbocycles. The highest BCUT2D eigenvalue weighted by molar-refractivity contribution is 7.10. The van der Waals surface area contributed by atoms with Gasteiger partial charge in [0, 0.05) is 39.6 Å². The normalized spacial score (nSPS) is 12.1. The first kappa shape index (κ1) is 19.6. The molecule has 2 aromatic heterocycles. The summed E-state index contributed by atoms with van der Waals surface area (Å²) in [4.78, 5) is 19.2. The quantitative estimate of drug-likeness (QED) is 0.424. The van der Waals surface area contributed by atoms with Gasteiger partial charge in [0.2, 0.25) is 0 Å². The number of nitrogens with zero attached hydrogens (tertiary/aromatic N) is 1. The molecule has 148 valence electrons. The number of fused-ring (bicyclic) bond motifs is 1. The zero-order chi connectivity index (χ0) is 20.4. The number of para-hydroxylation sites is 1. The molecule has 0 saturated carbocycles. The van der Waals surface area contributed by atoms with Gasteiger partial charge >= 0.3 is 0 Å². The number of carbonyl (C=O) groups is 1. The van der Waals surface area contributed by atoms with Gasteiger partial charge in [0.05, 0.1) is 6.04 Å². The number of benzene rings is 2. The first-order chi connectivity index (χ1) is 14.0. The summed E-state index contributed by atoms with van der Waals surface area (Å²) < 4.78 is 5.74. The second-order valence-electron chi connectivity index (χ2n) is 6.91. The van der Waals surface area contributed by atoms with E-state index in [-0.39, 0.29) is 18.6 Å². The number of ether oxygens (including phenoxy) is 1. The summed E-state index contributed by atoms with van der Waals surface area (Å²) in [6.45, 7) is 1.87. The van der Waals surface area contributed by atoms with E-state index >= 15 is 0 Å². The molecule has 6 heteroatoms. The molecule has 2 heterocycles. The number of aromatic nitrogens is 1. The van der Waals surface area contributed by atoms with Crippen LogP contribution in [0.1, 0.15) is 22.0 Å². The Morgan fingerprint density at radius 1 is 1.21 bits per heavy atom. The summed E-state index contributed by atoms with van der Waals surface area (Å²) in [5.41, 5.74) is 3.04. The standard InChI is InChI=1S/C23H21ClN2O2S/c1-15-12-16(9-10-19(15)24)28-14-22(27)26(2)23(21-8-5-11-29-21)18-13-25-20-7-4-3-6-17(18)20/h3-13,23,25H,14H2,1-2H3. The number of hydrogen-bond acceptors (Lipinski definition) is 3. The fraction of sp³-hybridized carbons (Fsp3) is 0.174. The Kier molecular flexibility index (Phi) is 5.60. The van der Waals surface area contributed by atoms with Gasteiger partial charge in [-0.15, -0.1) is 11.3 Å². The number of aromatic amines is 1. The van der Waals surface area contributed by atoms with Crippen molar-refractivity contribution in [1.29, 1.82) is 0 Å². The zero-order valence-corrected chi connectivity index (χ0v) is 17.8. The molecule has 1 N–H and O–H groups in total. The molecule has 0 aliphatic heterocycles. The van der Waals surface area contributed by atoms with Crippen LogP contribution in [0.2, 0.25) is 5.02 Å². The zero-order valence-electron chi connectivity index (χ0n) is 16.2. The molecule has 0 bridgehead atoms. The molecule has 1 atom stereocenters. The highest BCUT2D eigenvalue weighted by Gasteiger charge is 2.27. The largest absolute Gasteiger partial charge is 0.484 e. The van der Waals surface area contributed by atoms with Gasteiger partial charge < -0.3 is 14.6 Å². The molecule has 4 aromatic rings. The van der Waals surface area contributed by atoms with Crippen LogP contribution in [0.4, 0.5) is 0 Å². The Bertz CT molecular complexity index is 1140. The maximum Gasteiger partial charge on any atom is 0.261 e. The summed E-state index contributed by atoms with van der Waals surface area (Å²) >= 11 is 7.70.